The zero-order valence-electron chi connectivity index (χ0n) is 24.4. The second-order valence-electron chi connectivity index (χ2n) is 10.9. The van der Waals surface area contributed by atoms with Gasteiger partial charge in [0.15, 0.2) is 5.15 Å². The number of carbonyl (C=O) groups is 1. The van der Waals surface area contributed by atoms with Crippen molar-refractivity contribution in [3.63, 3.8) is 0 Å². The van der Waals surface area contributed by atoms with Gasteiger partial charge in [0.05, 0.1) is 5.69 Å². The molecule has 0 atom stereocenters. The van der Waals surface area contributed by atoms with E-state index in [0.717, 1.165) is 57.6 Å². The topological polar surface area (TPSA) is 106 Å². The molecule has 0 aliphatic heterocycles. The van der Waals surface area contributed by atoms with Crippen molar-refractivity contribution in [3.8, 4) is 33.6 Å². The lowest BCUT2D eigenvalue weighted by Crippen LogP contribution is -2.42. The molecule has 0 spiro atoms. The van der Waals surface area contributed by atoms with E-state index in [4.69, 9.17) is 27.5 Å². The average Bonchev–Trinajstić information content (AvgIpc) is 3.02. The summed E-state index contributed by atoms with van der Waals surface area (Å²) in [6.45, 7) is 4.63. The van der Waals surface area contributed by atoms with Crippen LogP contribution in [-0.4, -0.2) is 26.4 Å². The molecular weight excluding hydrogens is 558 g/mol. The number of anilines is 1. The molecule has 8 heteroatoms. The number of hydrogen-bond donors (Lipinski definition) is 2. The maximum Gasteiger partial charge on any atom is 0.303 e. The number of hydrogen-bond acceptors (Lipinski definition) is 5. The Morgan fingerprint density at radius 1 is 0.837 bits per heavy atom. The Bertz CT molecular complexity index is 1720. The highest BCUT2D eigenvalue weighted by Gasteiger charge is 2.19. The van der Waals surface area contributed by atoms with E-state index in [-0.39, 0.29) is 12.3 Å². The summed E-state index contributed by atoms with van der Waals surface area (Å²) in [4.78, 5) is 11.0. The summed E-state index contributed by atoms with van der Waals surface area (Å²) in [5.41, 5.74) is 15.5. The minimum atomic E-state index is -0.826. The van der Waals surface area contributed by atoms with Gasteiger partial charge in [0, 0.05) is 23.1 Å². The highest BCUT2D eigenvalue weighted by Crippen LogP contribution is 2.30. The molecule has 0 aliphatic rings. The molecule has 0 radical (unpaired) electrons. The number of aliphatic carboxylic acids is 1. The van der Waals surface area contributed by atoms with Crippen LogP contribution in [0.15, 0.2) is 91.0 Å². The van der Waals surface area contributed by atoms with Gasteiger partial charge in [-0.15, -0.1) is 14.9 Å². The van der Waals surface area contributed by atoms with Gasteiger partial charge < -0.3 is 5.11 Å². The van der Waals surface area contributed by atoms with Crippen molar-refractivity contribution >= 4 is 23.4 Å². The van der Waals surface area contributed by atoms with Crippen LogP contribution in [0.1, 0.15) is 49.3 Å². The number of nitrogen functional groups attached to an aromatic ring is 1. The van der Waals surface area contributed by atoms with E-state index in [1.165, 1.54) is 5.56 Å². The molecule has 0 fully saturated rings. The summed E-state index contributed by atoms with van der Waals surface area (Å²) in [7, 11) is 0. The summed E-state index contributed by atoms with van der Waals surface area (Å²) in [6.07, 6.45) is 2.06. The SMILES string of the molecule is CC(C)c1cc(-c2ccc(-c3ccccc3CCc3cc(-c4ccccc4)nnc3Cl)cc2)n[n+](CCCC(=O)O)c1N. The minimum Gasteiger partial charge on any atom is -0.481 e. The summed E-state index contributed by atoms with van der Waals surface area (Å²) in [5, 5.41) is 22.8. The third-order valence-corrected chi connectivity index (χ3v) is 7.86. The number of benzene rings is 3. The largest absolute Gasteiger partial charge is 0.481 e. The molecule has 0 saturated heterocycles. The molecule has 3 N–H and O–H groups in total. The first-order valence-electron chi connectivity index (χ1n) is 14.5. The van der Waals surface area contributed by atoms with Crippen LogP contribution in [0.4, 0.5) is 5.82 Å². The smallest absolute Gasteiger partial charge is 0.303 e. The summed E-state index contributed by atoms with van der Waals surface area (Å²) < 4.78 is 1.74. The number of rotatable bonds is 11. The van der Waals surface area contributed by atoms with E-state index in [1.807, 2.05) is 42.5 Å². The number of nitrogens with two attached hydrogens (primary N) is 1. The van der Waals surface area contributed by atoms with E-state index >= 15 is 0 Å². The number of aryl methyl sites for hydroxylation is 3. The van der Waals surface area contributed by atoms with Crippen molar-refractivity contribution in [2.45, 2.75) is 52.0 Å². The van der Waals surface area contributed by atoms with Crippen LogP contribution < -0.4 is 10.4 Å². The van der Waals surface area contributed by atoms with Crippen molar-refractivity contribution in [2.24, 2.45) is 0 Å². The summed E-state index contributed by atoms with van der Waals surface area (Å²) in [6, 6.07) is 30.8. The van der Waals surface area contributed by atoms with Gasteiger partial charge in [-0.05, 0) is 59.6 Å². The number of carboxylic acids is 1. The zero-order valence-corrected chi connectivity index (χ0v) is 25.1. The van der Waals surface area contributed by atoms with E-state index < -0.39 is 5.97 Å². The van der Waals surface area contributed by atoms with Crippen LogP contribution in [0.2, 0.25) is 5.15 Å². The van der Waals surface area contributed by atoms with Crippen LogP contribution in [0.3, 0.4) is 0 Å². The summed E-state index contributed by atoms with van der Waals surface area (Å²) >= 11 is 6.46. The molecule has 0 bridgehead atoms. The zero-order chi connectivity index (χ0) is 30.3. The maximum absolute atomic E-state index is 11.0. The molecule has 3 aromatic carbocycles. The van der Waals surface area contributed by atoms with Gasteiger partial charge in [-0.3, -0.25) is 10.5 Å². The Hall–Kier alpha value is -4.62. The number of nitrogens with zero attached hydrogens (tertiary/aromatic N) is 4. The van der Waals surface area contributed by atoms with Gasteiger partial charge >= 0.3 is 5.97 Å². The molecule has 0 aliphatic carbocycles. The van der Waals surface area contributed by atoms with Crippen LogP contribution in [0.25, 0.3) is 33.6 Å². The monoisotopic (exact) mass is 592 g/mol. The highest BCUT2D eigenvalue weighted by molar-refractivity contribution is 6.30. The fourth-order valence-corrected chi connectivity index (χ4v) is 5.37. The first kappa shape index (κ1) is 29.9. The van der Waals surface area contributed by atoms with Crippen molar-refractivity contribution in [1.82, 2.24) is 15.3 Å². The minimum absolute atomic E-state index is 0.0710. The second-order valence-corrected chi connectivity index (χ2v) is 11.2. The lowest BCUT2D eigenvalue weighted by atomic mass is 9.94. The molecule has 218 valence electrons. The molecule has 7 nitrogen and oxygen atoms in total. The lowest BCUT2D eigenvalue weighted by molar-refractivity contribution is -0.740. The second kappa shape index (κ2) is 13.6. The molecule has 0 saturated carbocycles. The van der Waals surface area contributed by atoms with Gasteiger partial charge in [0.1, 0.15) is 12.2 Å². The Balaban J connectivity index is 1.38. The Morgan fingerprint density at radius 3 is 2.21 bits per heavy atom. The van der Waals surface area contributed by atoms with Crippen molar-refractivity contribution in [2.75, 3.05) is 5.73 Å². The van der Waals surface area contributed by atoms with Crippen molar-refractivity contribution < 1.29 is 14.6 Å². The Labute approximate surface area is 257 Å². The van der Waals surface area contributed by atoms with E-state index in [1.54, 1.807) is 4.68 Å². The van der Waals surface area contributed by atoms with Gasteiger partial charge in [-0.25, -0.2) is 0 Å². The molecule has 2 heterocycles. The standard InChI is InChI=1S/C35H34ClN5O2/c1-23(2)30-22-32(40-41(35(30)37)20-8-13-33(42)43)27-17-14-25(15-18-27)29-12-7-6-9-24(29)16-19-28-21-31(38-39-34(28)36)26-10-4-3-5-11-26/h3-7,9-12,14-15,17-18,21-23,37H,8,13,16,19-20H2,1-2H3,(H,42,43)/p+1. The van der Waals surface area contributed by atoms with Gasteiger partial charge in [0.2, 0.25) is 0 Å². The van der Waals surface area contributed by atoms with E-state index in [9.17, 15) is 4.79 Å². The van der Waals surface area contributed by atoms with Crippen molar-refractivity contribution in [3.05, 3.63) is 113 Å². The third kappa shape index (κ3) is 7.24. The van der Waals surface area contributed by atoms with Crippen LogP contribution in [0.5, 0.6) is 0 Å². The van der Waals surface area contributed by atoms with Crippen LogP contribution >= 0.6 is 11.6 Å². The molecule has 0 unspecified atom stereocenters. The van der Waals surface area contributed by atoms with Gasteiger partial charge in [0.25, 0.3) is 5.82 Å². The normalized spacial score (nSPS) is 11.2. The highest BCUT2D eigenvalue weighted by atomic mass is 35.5. The van der Waals surface area contributed by atoms with E-state index in [2.05, 4.69) is 72.6 Å². The summed E-state index contributed by atoms with van der Waals surface area (Å²) in [5.74, 6) is -0.0469. The lowest BCUT2D eigenvalue weighted by Gasteiger charge is -2.13. The van der Waals surface area contributed by atoms with Crippen LogP contribution in [0, 0.1) is 0 Å². The number of halogens is 1. The fourth-order valence-electron chi connectivity index (χ4n) is 5.19. The van der Waals surface area contributed by atoms with E-state index in [0.29, 0.717) is 23.9 Å². The molecular formula is C35H35ClN5O2+. The van der Waals surface area contributed by atoms with Crippen LogP contribution in [-0.2, 0) is 24.2 Å². The molecule has 0 amide bonds. The number of aromatic nitrogens is 4. The maximum atomic E-state index is 11.0. The Kier molecular flexibility index (Phi) is 9.42. The molecule has 2 aromatic heterocycles. The first-order valence-corrected chi connectivity index (χ1v) is 14.9. The fraction of sp³-hybridized carbons (Fsp3) is 0.229. The van der Waals surface area contributed by atoms with Gasteiger partial charge in [-0.2, -0.15) is 0 Å². The molecule has 43 heavy (non-hydrogen) atoms. The number of carboxylic acid groups (broad SMARTS) is 1. The van der Waals surface area contributed by atoms with Gasteiger partial charge in [-0.1, -0.05) is 109 Å². The average molecular weight is 593 g/mol. The molecule has 5 aromatic rings. The third-order valence-electron chi connectivity index (χ3n) is 7.54. The van der Waals surface area contributed by atoms with Crippen molar-refractivity contribution in [1.29, 1.82) is 0 Å². The predicted octanol–water partition coefficient (Wildman–Crippen LogP) is 7.17. The Morgan fingerprint density at radius 2 is 1.49 bits per heavy atom. The first-order chi connectivity index (χ1) is 20.8. The predicted molar refractivity (Wildman–Crippen MR) is 171 cm³/mol. The molecule has 5 rings (SSSR count). The quantitative estimate of drug-likeness (QED) is 0.158.